The van der Waals surface area contributed by atoms with E-state index in [9.17, 15) is 19.8 Å². The molecule has 0 aliphatic rings. The van der Waals surface area contributed by atoms with Crippen molar-refractivity contribution in [3.8, 4) is 0 Å². The summed E-state index contributed by atoms with van der Waals surface area (Å²) in [7, 11) is 0. The highest BCUT2D eigenvalue weighted by molar-refractivity contribution is 5.76. The summed E-state index contributed by atoms with van der Waals surface area (Å²) in [6.45, 7) is 4.91. The molecule has 0 heterocycles. The Morgan fingerprint density at radius 1 is 0.346 bits per heavy atom. The van der Waals surface area contributed by atoms with E-state index < -0.39 is 12.1 Å². The number of aliphatic hydroxyl groups is 2. The van der Waals surface area contributed by atoms with Crippen LogP contribution < -0.4 is 5.32 Å². The van der Waals surface area contributed by atoms with E-state index in [1.165, 1.54) is 327 Å². The fourth-order valence-corrected chi connectivity index (χ4v) is 11.6. The normalized spacial score (nSPS) is 12.7. The number of nitrogens with one attached hydrogen (secondary N) is 1. The third-order valence-electron chi connectivity index (χ3n) is 17.2. The Hall–Kier alpha value is -1.92. The van der Waals surface area contributed by atoms with Crippen LogP contribution in [0.3, 0.4) is 0 Å². The number of hydrogen-bond acceptors (Lipinski definition) is 5. The van der Waals surface area contributed by atoms with Gasteiger partial charge in [0.25, 0.3) is 0 Å². The molecule has 0 aromatic rings. The highest BCUT2D eigenvalue weighted by Crippen LogP contribution is 2.19. The van der Waals surface area contributed by atoms with Gasteiger partial charge in [-0.05, 0) is 64.2 Å². The van der Waals surface area contributed by atoms with Crippen molar-refractivity contribution in [2.45, 2.75) is 418 Å². The molecule has 3 N–H and O–H groups in total. The molecular weight excluding hydrogens is 995 g/mol. The van der Waals surface area contributed by atoms with Gasteiger partial charge in [0, 0.05) is 12.8 Å². The largest absolute Gasteiger partial charge is 0.466 e. The van der Waals surface area contributed by atoms with Crippen molar-refractivity contribution in [1.29, 1.82) is 0 Å². The Bertz CT molecular complexity index is 1310. The van der Waals surface area contributed by atoms with Gasteiger partial charge in [-0.15, -0.1) is 0 Å². The number of carbonyl (C=O) groups is 2. The smallest absolute Gasteiger partial charge is 0.305 e. The van der Waals surface area contributed by atoms with Gasteiger partial charge in [0.1, 0.15) is 0 Å². The minimum Gasteiger partial charge on any atom is -0.466 e. The molecule has 0 aliphatic heterocycles. The van der Waals surface area contributed by atoms with E-state index in [1.54, 1.807) is 6.08 Å². The number of unbranched alkanes of at least 4 members (excludes halogenated alkanes) is 54. The van der Waals surface area contributed by atoms with Crippen molar-refractivity contribution in [2.24, 2.45) is 0 Å². The molecule has 81 heavy (non-hydrogen) atoms. The first-order valence-corrected chi connectivity index (χ1v) is 36.8. The van der Waals surface area contributed by atoms with Gasteiger partial charge in [0.15, 0.2) is 0 Å². The number of rotatable bonds is 69. The lowest BCUT2D eigenvalue weighted by Crippen LogP contribution is -2.45. The number of hydrogen-bond donors (Lipinski definition) is 3. The third-order valence-corrected chi connectivity index (χ3v) is 17.2. The van der Waals surface area contributed by atoms with Crippen molar-refractivity contribution >= 4 is 11.9 Å². The van der Waals surface area contributed by atoms with Crippen LogP contribution in [0.1, 0.15) is 406 Å². The molecule has 0 radical (unpaired) electrons. The number of esters is 1. The van der Waals surface area contributed by atoms with Crippen molar-refractivity contribution in [2.75, 3.05) is 13.2 Å². The van der Waals surface area contributed by atoms with Crippen molar-refractivity contribution in [3.63, 3.8) is 0 Å². The predicted octanol–water partition coefficient (Wildman–Crippen LogP) is 23.9. The van der Waals surface area contributed by atoms with Gasteiger partial charge in [-0.3, -0.25) is 9.59 Å². The minimum absolute atomic E-state index is 0.0145. The second-order valence-electron chi connectivity index (χ2n) is 25.3. The van der Waals surface area contributed by atoms with Crippen molar-refractivity contribution < 1.29 is 24.5 Å². The van der Waals surface area contributed by atoms with E-state index in [4.69, 9.17) is 4.74 Å². The van der Waals surface area contributed by atoms with Crippen molar-refractivity contribution in [3.05, 3.63) is 36.5 Å². The fraction of sp³-hybridized carbons (Fsp3) is 0.893. The van der Waals surface area contributed by atoms with Crippen LogP contribution in [0.15, 0.2) is 36.5 Å². The van der Waals surface area contributed by atoms with E-state index in [-0.39, 0.29) is 18.5 Å². The number of aliphatic hydroxyl groups excluding tert-OH is 2. The highest BCUT2D eigenvalue weighted by Gasteiger charge is 2.18. The van der Waals surface area contributed by atoms with Gasteiger partial charge in [-0.25, -0.2) is 0 Å². The molecule has 0 fully saturated rings. The Morgan fingerprint density at radius 2 is 0.617 bits per heavy atom. The maximum atomic E-state index is 12.5. The molecule has 1 amide bonds. The van der Waals surface area contributed by atoms with Gasteiger partial charge in [-0.2, -0.15) is 0 Å². The molecule has 0 rings (SSSR count). The lowest BCUT2D eigenvalue weighted by atomic mass is 10.0. The monoisotopic (exact) mass is 1140 g/mol. The first-order valence-electron chi connectivity index (χ1n) is 36.8. The summed E-state index contributed by atoms with van der Waals surface area (Å²) in [4.78, 5) is 24.6. The molecule has 0 saturated heterocycles. The molecular formula is C75H143NO5. The Balaban J connectivity index is 3.31. The summed E-state index contributed by atoms with van der Waals surface area (Å²) < 4.78 is 5.51. The molecule has 0 aliphatic carbocycles. The van der Waals surface area contributed by atoms with Crippen LogP contribution >= 0.6 is 0 Å². The molecule has 0 aromatic heterocycles. The quantitative estimate of drug-likeness (QED) is 0.0320. The zero-order valence-electron chi connectivity index (χ0n) is 54.8. The van der Waals surface area contributed by atoms with Gasteiger partial charge in [-0.1, -0.05) is 365 Å². The summed E-state index contributed by atoms with van der Waals surface area (Å²) in [6.07, 6.45) is 91.0. The summed E-state index contributed by atoms with van der Waals surface area (Å²) >= 11 is 0. The molecule has 0 bridgehead atoms. The Labute approximate surface area is 506 Å². The maximum absolute atomic E-state index is 12.5. The first kappa shape index (κ1) is 79.1. The topological polar surface area (TPSA) is 95.9 Å². The van der Waals surface area contributed by atoms with E-state index in [1.807, 2.05) is 6.08 Å². The summed E-state index contributed by atoms with van der Waals surface area (Å²) in [6, 6.07) is -0.623. The standard InChI is InChI=1S/C75H143NO5/c1-3-5-7-9-11-13-15-17-18-19-38-41-45-49-53-57-61-65-69-75(80)81-70-66-62-58-54-50-46-42-39-36-34-32-30-28-26-24-22-20-21-23-25-27-29-31-33-35-37-40-44-48-52-56-60-64-68-74(79)76-72(71-77)73(78)67-63-59-55-51-47-43-16-14-12-10-8-6-4-2/h13,15,18-19,63,67,72-73,77-78H,3-12,14,16-17,20-62,64-66,68-71H2,1-2H3,(H,76,79)/b15-13-,19-18-,67-63+. The predicted molar refractivity (Wildman–Crippen MR) is 356 cm³/mol. The van der Waals surface area contributed by atoms with Crippen LogP contribution in [0.25, 0.3) is 0 Å². The Morgan fingerprint density at radius 3 is 0.951 bits per heavy atom. The second kappa shape index (κ2) is 70.6. The Kier molecular flexibility index (Phi) is 68.9. The highest BCUT2D eigenvalue weighted by atomic mass is 16.5. The summed E-state index contributed by atoms with van der Waals surface area (Å²) in [5.74, 6) is -0.0472. The molecule has 0 aromatic carbocycles. The van der Waals surface area contributed by atoms with Gasteiger partial charge < -0.3 is 20.3 Å². The molecule has 6 nitrogen and oxygen atoms in total. The van der Waals surface area contributed by atoms with E-state index in [0.29, 0.717) is 19.4 Å². The minimum atomic E-state index is -0.840. The third kappa shape index (κ3) is 67.1. The molecule has 2 unspecified atom stereocenters. The first-order chi connectivity index (χ1) is 40.0. The zero-order valence-corrected chi connectivity index (χ0v) is 54.8. The average Bonchev–Trinajstić information content (AvgIpc) is 3.47. The van der Waals surface area contributed by atoms with Gasteiger partial charge in [0.2, 0.25) is 5.91 Å². The van der Waals surface area contributed by atoms with Crippen LogP contribution in [0, 0.1) is 0 Å². The van der Waals surface area contributed by atoms with E-state index in [2.05, 4.69) is 43.5 Å². The van der Waals surface area contributed by atoms with Crippen LogP contribution in [0.5, 0.6) is 0 Å². The van der Waals surface area contributed by atoms with Crippen LogP contribution in [0.4, 0.5) is 0 Å². The van der Waals surface area contributed by atoms with Gasteiger partial charge in [0.05, 0.1) is 25.4 Å². The van der Waals surface area contributed by atoms with E-state index in [0.717, 1.165) is 51.4 Å². The number of ether oxygens (including phenoxy) is 1. The molecule has 2 atom stereocenters. The molecule has 0 spiro atoms. The van der Waals surface area contributed by atoms with Crippen molar-refractivity contribution in [1.82, 2.24) is 5.32 Å². The van der Waals surface area contributed by atoms with Crippen LogP contribution in [-0.4, -0.2) is 47.4 Å². The lowest BCUT2D eigenvalue weighted by Gasteiger charge is -2.20. The molecule has 478 valence electrons. The molecule has 6 heteroatoms. The number of amides is 1. The van der Waals surface area contributed by atoms with Gasteiger partial charge >= 0.3 is 5.97 Å². The number of allylic oxidation sites excluding steroid dienone is 5. The zero-order chi connectivity index (χ0) is 58.5. The summed E-state index contributed by atoms with van der Waals surface area (Å²) in [5.41, 5.74) is 0. The lowest BCUT2D eigenvalue weighted by molar-refractivity contribution is -0.143. The average molecular weight is 1140 g/mol. The number of carbonyl (C=O) groups excluding carboxylic acids is 2. The second-order valence-corrected chi connectivity index (χ2v) is 25.3. The van der Waals surface area contributed by atoms with Crippen LogP contribution in [0.2, 0.25) is 0 Å². The fourth-order valence-electron chi connectivity index (χ4n) is 11.6. The maximum Gasteiger partial charge on any atom is 0.305 e. The SMILES string of the molecule is CCCCCC/C=C\C/C=C\CCCCCCCCCC(=O)OCCCCCCCCCCCCCCCCCCCCCCCCCCCCCCCCCCCC(=O)NC(CO)C(O)/C=C/CCCCCCCCCCCCC. The van der Waals surface area contributed by atoms with Crippen LogP contribution in [-0.2, 0) is 14.3 Å². The summed E-state index contributed by atoms with van der Waals surface area (Å²) in [5, 5.41) is 23.1. The van der Waals surface area contributed by atoms with E-state index >= 15 is 0 Å². The molecule has 0 saturated carbocycles.